The van der Waals surface area contributed by atoms with Gasteiger partial charge in [-0.15, -0.1) is 0 Å². The second-order valence-corrected chi connectivity index (χ2v) is 8.28. The zero-order valence-electron chi connectivity index (χ0n) is 18.5. The zero-order chi connectivity index (χ0) is 25.6. The number of carboxylic acid groups (broad SMARTS) is 1. The Morgan fingerprint density at radius 1 is 0.889 bits per heavy atom. The molecule has 7 nitrogen and oxygen atoms in total. The second-order valence-electron chi connectivity index (χ2n) is 7.53. The highest BCUT2D eigenvalue weighted by Crippen LogP contribution is 2.40. The molecule has 11 heteroatoms. The highest BCUT2D eigenvalue weighted by Gasteiger charge is 2.37. The third kappa shape index (κ3) is 5.52. The fraction of sp³-hybridized carbons (Fsp3) is 0.120. The standard InChI is InChI=1S/C25H19F3N4O3S/c26-24(27,28)16-35-31-20(22(33)34)21-29-23(36-32-21)30-25(17-10-4-1-5-11-17,18-12-6-2-7-13-18)19-14-8-3-9-15-19/h1-15H,16H2,(H,33,34)(H,29,30,32). The molecule has 184 valence electrons. The van der Waals surface area contributed by atoms with Gasteiger partial charge in [0.15, 0.2) is 0 Å². The molecule has 1 heterocycles. The van der Waals surface area contributed by atoms with Crippen molar-refractivity contribution in [1.29, 1.82) is 0 Å². The SMILES string of the molecule is O=C(O)C(=NOCC(F)(F)F)c1nsc(NC(c2ccccc2)(c2ccccc2)c2ccccc2)n1. The van der Waals surface area contributed by atoms with Crippen molar-refractivity contribution in [3.63, 3.8) is 0 Å². The predicted molar refractivity (Wildman–Crippen MR) is 129 cm³/mol. The lowest BCUT2D eigenvalue weighted by Crippen LogP contribution is -2.38. The number of aromatic nitrogens is 2. The number of alkyl halides is 3. The quantitative estimate of drug-likeness (QED) is 0.179. The van der Waals surface area contributed by atoms with Crippen molar-refractivity contribution in [2.24, 2.45) is 5.16 Å². The number of anilines is 1. The third-order valence-corrected chi connectivity index (χ3v) is 5.77. The molecule has 2 N–H and O–H groups in total. The van der Waals surface area contributed by atoms with Gasteiger partial charge in [0.1, 0.15) is 5.54 Å². The van der Waals surface area contributed by atoms with E-state index < -0.39 is 30.0 Å². The van der Waals surface area contributed by atoms with Crippen LogP contribution in [0.1, 0.15) is 22.5 Å². The summed E-state index contributed by atoms with van der Waals surface area (Å²) in [5, 5.41) is 16.2. The van der Waals surface area contributed by atoms with E-state index in [4.69, 9.17) is 0 Å². The Morgan fingerprint density at radius 2 is 1.36 bits per heavy atom. The van der Waals surface area contributed by atoms with Crippen molar-refractivity contribution in [1.82, 2.24) is 9.36 Å². The molecule has 0 radical (unpaired) electrons. The van der Waals surface area contributed by atoms with Crippen LogP contribution in [0.3, 0.4) is 0 Å². The molecule has 0 atom stereocenters. The van der Waals surface area contributed by atoms with E-state index in [2.05, 4.69) is 24.7 Å². The molecule has 0 aliphatic carbocycles. The fourth-order valence-corrected chi connectivity index (χ4v) is 4.28. The maximum atomic E-state index is 12.4. The Bertz CT molecular complexity index is 1230. The van der Waals surface area contributed by atoms with Crippen LogP contribution in [0.25, 0.3) is 0 Å². The minimum atomic E-state index is -4.67. The average Bonchev–Trinajstić information content (AvgIpc) is 3.34. The Kier molecular flexibility index (Phi) is 7.30. The normalized spacial score (nSPS) is 12.2. The van der Waals surface area contributed by atoms with Crippen molar-refractivity contribution in [2.45, 2.75) is 11.7 Å². The van der Waals surface area contributed by atoms with Crippen LogP contribution in [0.2, 0.25) is 0 Å². The molecule has 4 aromatic rings. The molecule has 1 aromatic heterocycles. The Morgan fingerprint density at radius 3 is 1.78 bits per heavy atom. The maximum absolute atomic E-state index is 12.4. The molecule has 0 spiro atoms. The Hall–Kier alpha value is -4.25. The Balaban J connectivity index is 1.79. The summed E-state index contributed by atoms with van der Waals surface area (Å²) in [6.07, 6.45) is -4.67. The highest BCUT2D eigenvalue weighted by molar-refractivity contribution is 7.09. The van der Waals surface area contributed by atoms with Gasteiger partial charge in [-0.05, 0) is 16.7 Å². The number of aliphatic carboxylic acids is 1. The number of rotatable bonds is 9. The minimum Gasteiger partial charge on any atom is -0.476 e. The largest absolute Gasteiger partial charge is 0.476 e. The summed E-state index contributed by atoms with van der Waals surface area (Å²) < 4.78 is 41.2. The fourth-order valence-electron chi connectivity index (χ4n) is 3.66. The van der Waals surface area contributed by atoms with E-state index in [1.165, 1.54) is 0 Å². The summed E-state index contributed by atoms with van der Waals surface area (Å²) in [7, 11) is 0. The number of benzene rings is 3. The van der Waals surface area contributed by atoms with Gasteiger partial charge in [0.05, 0.1) is 0 Å². The van der Waals surface area contributed by atoms with Crippen molar-refractivity contribution >= 4 is 28.3 Å². The van der Waals surface area contributed by atoms with E-state index in [-0.39, 0.29) is 11.0 Å². The van der Waals surface area contributed by atoms with Crippen LogP contribution in [0.15, 0.2) is 96.2 Å². The van der Waals surface area contributed by atoms with Crippen LogP contribution in [0.5, 0.6) is 0 Å². The van der Waals surface area contributed by atoms with Gasteiger partial charge < -0.3 is 15.3 Å². The van der Waals surface area contributed by atoms with E-state index >= 15 is 0 Å². The summed E-state index contributed by atoms with van der Waals surface area (Å²) in [6.45, 7) is -1.74. The predicted octanol–water partition coefficient (Wildman–Crippen LogP) is 5.31. The number of hydrogen-bond donors (Lipinski definition) is 2. The van der Waals surface area contributed by atoms with Crippen molar-refractivity contribution in [3.05, 3.63) is 114 Å². The van der Waals surface area contributed by atoms with Gasteiger partial charge in [-0.3, -0.25) is 0 Å². The molecule has 0 bridgehead atoms. The first-order valence-electron chi connectivity index (χ1n) is 10.6. The van der Waals surface area contributed by atoms with Crippen LogP contribution < -0.4 is 5.32 Å². The van der Waals surface area contributed by atoms with Gasteiger partial charge in [0, 0.05) is 11.5 Å². The van der Waals surface area contributed by atoms with Crippen LogP contribution in [0.4, 0.5) is 18.3 Å². The lowest BCUT2D eigenvalue weighted by molar-refractivity contribution is -0.174. The average molecular weight is 513 g/mol. The molecule has 0 saturated carbocycles. The molecule has 36 heavy (non-hydrogen) atoms. The van der Waals surface area contributed by atoms with E-state index in [0.29, 0.717) is 0 Å². The van der Waals surface area contributed by atoms with Crippen molar-refractivity contribution in [2.75, 3.05) is 11.9 Å². The van der Waals surface area contributed by atoms with Gasteiger partial charge in [-0.2, -0.15) is 22.5 Å². The number of carbonyl (C=O) groups is 1. The first-order valence-corrected chi connectivity index (χ1v) is 11.4. The van der Waals surface area contributed by atoms with E-state index in [1.54, 1.807) is 0 Å². The zero-order valence-corrected chi connectivity index (χ0v) is 19.3. The van der Waals surface area contributed by atoms with Gasteiger partial charge in [0.25, 0.3) is 0 Å². The summed E-state index contributed by atoms with van der Waals surface area (Å²) in [5.41, 5.74) is 0.834. The lowest BCUT2D eigenvalue weighted by Gasteiger charge is -2.36. The first-order chi connectivity index (χ1) is 17.3. The van der Waals surface area contributed by atoms with Crippen LogP contribution in [-0.2, 0) is 15.2 Å². The van der Waals surface area contributed by atoms with Gasteiger partial charge in [-0.25, -0.2) is 4.79 Å². The lowest BCUT2D eigenvalue weighted by atomic mass is 9.77. The van der Waals surface area contributed by atoms with Crippen molar-refractivity contribution in [3.8, 4) is 0 Å². The topological polar surface area (TPSA) is 96.7 Å². The van der Waals surface area contributed by atoms with Crippen LogP contribution >= 0.6 is 11.5 Å². The van der Waals surface area contributed by atoms with E-state index in [9.17, 15) is 23.1 Å². The third-order valence-electron chi connectivity index (χ3n) is 5.14. The molecule has 3 aromatic carbocycles. The molecule has 4 rings (SSSR count). The van der Waals surface area contributed by atoms with Crippen LogP contribution in [-0.4, -0.2) is 38.9 Å². The van der Waals surface area contributed by atoms with Gasteiger partial charge in [-0.1, -0.05) is 96.2 Å². The number of nitrogens with one attached hydrogen (secondary N) is 1. The molecule has 0 saturated heterocycles. The van der Waals surface area contributed by atoms with Crippen LogP contribution in [0, 0.1) is 0 Å². The van der Waals surface area contributed by atoms with E-state index in [1.807, 2.05) is 91.0 Å². The molecule has 0 unspecified atom stereocenters. The van der Waals surface area contributed by atoms with Gasteiger partial charge >= 0.3 is 12.1 Å². The highest BCUT2D eigenvalue weighted by atomic mass is 32.1. The van der Waals surface area contributed by atoms with Gasteiger partial charge in [0.2, 0.25) is 23.3 Å². The Labute approximate surface area is 208 Å². The molecular formula is C25H19F3N4O3S. The summed E-state index contributed by atoms with van der Waals surface area (Å²) in [6, 6.07) is 28.8. The van der Waals surface area contributed by atoms with Crippen molar-refractivity contribution < 1.29 is 27.9 Å². The number of nitrogens with zero attached hydrogens (tertiary/aromatic N) is 3. The molecular weight excluding hydrogens is 493 g/mol. The molecule has 0 fully saturated rings. The summed E-state index contributed by atoms with van der Waals surface area (Å²) in [4.78, 5) is 20.0. The molecule has 0 aliphatic rings. The summed E-state index contributed by atoms with van der Waals surface area (Å²) >= 11 is 0.851. The molecule has 0 aliphatic heterocycles. The monoisotopic (exact) mass is 512 g/mol. The first kappa shape index (κ1) is 24.9. The smallest absolute Gasteiger partial charge is 0.425 e. The number of carboxylic acids is 1. The van der Waals surface area contributed by atoms with E-state index in [0.717, 1.165) is 28.2 Å². The maximum Gasteiger partial charge on any atom is 0.425 e. The number of oxime groups is 1. The number of hydrogen-bond acceptors (Lipinski definition) is 7. The second kappa shape index (κ2) is 10.6. The molecule has 0 amide bonds. The summed E-state index contributed by atoms with van der Waals surface area (Å²) in [5.74, 6) is -2.00. The minimum absolute atomic E-state index is 0.228. The number of halogens is 3.